The van der Waals surface area contributed by atoms with Gasteiger partial charge >= 0.3 is 0 Å². The molecule has 0 N–H and O–H groups in total. The Morgan fingerprint density at radius 1 is 0.425 bits per heavy atom. The highest BCUT2D eigenvalue weighted by molar-refractivity contribution is 5.94. The lowest BCUT2D eigenvalue weighted by molar-refractivity contribution is 1.02. The maximum absolute atomic E-state index is 5.12. The molecule has 0 atom stereocenters. The van der Waals surface area contributed by atoms with Gasteiger partial charge in [-0.3, -0.25) is 8.97 Å². The van der Waals surface area contributed by atoms with Crippen LogP contribution in [0.5, 0.6) is 0 Å². The van der Waals surface area contributed by atoms with E-state index in [1.54, 1.807) is 0 Å². The van der Waals surface area contributed by atoms with Gasteiger partial charge in [-0.1, -0.05) is 109 Å². The third-order valence-corrected chi connectivity index (χ3v) is 7.35. The van der Waals surface area contributed by atoms with Crippen molar-refractivity contribution in [3.05, 3.63) is 140 Å². The molecule has 3 aromatic heterocycles. The van der Waals surface area contributed by atoms with Gasteiger partial charge in [-0.2, -0.15) is 0 Å². The van der Waals surface area contributed by atoms with Crippen molar-refractivity contribution < 1.29 is 0 Å². The predicted molar refractivity (Wildman–Crippen MR) is 161 cm³/mol. The number of nitrogens with zero attached hydrogens (tertiary/aromatic N) is 5. The summed E-state index contributed by atoms with van der Waals surface area (Å²) in [7, 11) is 0. The van der Waals surface area contributed by atoms with Gasteiger partial charge in [-0.05, 0) is 35.4 Å². The van der Waals surface area contributed by atoms with Crippen LogP contribution in [0.3, 0.4) is 0 Å². The molecule has 3 heterocycles. The van der Waals surface area contributed by atoms with Crippen LogP contribution in [-0.4, -0.2) is 23.9 Å². The summed E-state index contributed by atoms with van der Waals surface area (Å²) >= 11 is 0. The topological polar surface area (TPSA) is 48.0 Å². The van der Waals surface area contributed by atoms with Crippen molar-refractivity contribution in [1.29, 1.82) is 0 Å². The van der Waals surface area contributed by atoms with Crippen LogP contribution in [-0.2, 0) is 0 Å². The van der Waals surface area contributed by atoms with E-state index in [1.807, 2.05) is 60.7 Å². The normalized spacial score (nSPS) is 11.5. The summed E-state index contributed by atoms with van der Waals surface area (Å²) in [6.07, 6.45) is 0. The van der Waals surface area contributed by atoms with E-state index in [4.69, 9.17) is 15.0 Å². The molecule has 0 aliphatic carbocycles. The number of imidazole rings is 2. The minimum absolute atomic E-state index is 0.675. The molecular formula is C35H23N5. The molecule has 0 aliphatic heterocycles. The molecule has 5 heteroatoms. The molecule has 40 heavy (non-hydrogen) atoms. The van der Waals surface area contributed by atoms with Gasteiger partial charge in [0.2, 0.25) is 5.78 Å². The predicted octanol–water partition coefficient (Wildman–Crippen LogP) is 8.22. The molecule has 0 unspecified atom stereocenters. The zero-order chi connectivity index (χ0) is 26.5. The quantitative estimate of drug-likeness (QED) is 0.238. The smallest absolute Gasteiger partial charge is 0.221 e. The Bertz CT molecular complexity index is 2090. The van der Waals surface area contributed by atoms with E-state index in [2.05, 4.69) is 87.8 Å². The molecule has 5 aromatic carbocycles. The van der Waals surface area contributed by atoms with Gasteiger partial charge in [0.1, 0.15) is 5.82 Å². The number of rotatable bonds is 4. The summed E-state index contributed by atoms with van der Waals surface area (Å²) in [6, 6.07) is 47.8. The van der Waals surface area contributed by atoms with Crippen LogP contribution in [0.2, 0.25) is 0 Å². The molecule has 8 rings (SSSR count). The lowest BCUT2D eigenvalue weighted by Crippen LogP contribution is -2.03. The van der Waals surface area contributed by atoms with Crippen LogP contribution >= 0.6 is 0 Å². The average Bonchev–Trinajstić information content (AvgIpc) is 3.56. The van der Waals surface area contributed by atoms with E-state index in [9.17, 15) is 0 Å². The number of hydrogen-bond acceptors (Lipinski definition) is 3. The fourth-order valence-electron chi connectivity index (χ4n) is 5.46. The Morgan fingerprint density at radius 3 is 1.82 bits per heavy atom. The highest BCUT2D eigenvalue weighted by Crippen LogP contribution is 2.33. The first-order valence-electron chi connectivity index (χ1n) is 13.3. The van der Waals surface area contributed by atoms with Crippen molar-refractivity contribution in [1.82, 2.24) is 23.9 Å². The standard InChI is InChI=1S/C35H23N5/c1-4-12-24(13-5-1)27-20-21-31-32(22-27)39-30-19-11-10-18-28(30)37-35(39)40(31)33-23-29(25-14-6-2-7-15-25)36-34(38-33)26-16-8-3-9-17-26/h1-23H. The summed E-state index contributed by atoms with van der Waals surface area (Å²) in [5.41, 5.74) is 9.31. The van der Waals surface area contributed by atoms with Gasteiger partial charge in [0.05, 0.1) is 27.8 Å². The fraction of sp³-hybridized carbons (Fsp3) is 0. The van der Waals surface area contributed by atoms with E-state index in [1.165, 1.54) is 5.56 Å². The lowest BCUT2D eigenvalue weighted by atomic mass is 10.1. The van der Waals surface area contributed by atoms with Crippen LogP contribution < -0.4 is 0 Å². The highest BCUT2D eigenvalue weighted by atomic mass is 15.2. The second-order valence-corrected chi connectivity index (χ2v) is 9.81. The zero-order valence-corrected chi connectivity index (χ0v) is 21.5. The zero-order valence-electron chi connectivity index (χ0n) is 21.5. The molecular weight excluding hydrogens is 490 g/mol. The van der Waals surface area contributed by atoms with Gasteiger partial charge in [0.25, 0.3) is 0 Å². The maximum Gasteiger partial charge on any atom is 0.221 e. The minimum Gasteiger partial charge on any atom is -0.276 e. The van der Waals surface area contributed by atoms with E-state index in [0.717, 1.165) is 56.0 Å². The Hall–Kier alpha value is -5.55. The van der Waals surface area contributed by atoms with Crippen molar-refractivity contribution in [3.63, 3.8) is 0 Å². The Morgan fingerprint density at radius 2 is 1.07 bits per heavy atom. The molecule has 0 saturated carbocycles. The number of fused-ring (bicyclic) bond motifs is 5. The van der Waals surface area contributed by atoms with E-state index >= 15 is 0 Å². The first-order chi connectivity index (χ1) is 19.8. The molecule has 0 fully saturated rings. The van der Waals surface area contributed by atoms with Gasteiger partial charge in [-0.15, -0.1) is 0 Å². The molecule has 0 bridgehead atoms. The SMILES string of the molecule is c1ccc(-c2ccc3c(c2)n2c4ccccc4nc2n3-c2cc(-c3ccccc3)nc(-c3ccccc3)n2)cc1. The number of aromatic nitrogens is 5. The maximum atomic E-state index is 5.12. The Balaban J connectivity index is 1.46. The van der Waals surface area contributed by atoms with Crippen molar-refractivity contribution >= 4 is 27.8 Å². The number of benzene rings is 5. The Kier molecular flexibility index (Phi) is 5.07. The van der Waals surface area contributed by atoms with Crippen LogP contribution in [0.4, 0.5) is 0 Å². The largest absolute Gasteiger partial charge is 0.276 e. The Labute approximate surface area is 230 Å². The van der Waals surface area contributed by atoms with Crippen molar-refractivity contribution in [3.8, 4) is 39.6 Å². The summed E-state index contributed by atoms with van der Waals surface area (Å²) in [6.45, 7) is 0. The van der Waals surface area contributed by atoms with Crippen LogP contribution in [0, 0.1) is 0 Å². The molecule has 0 amide bonds. The number of para-hydroxylation sites is 2. The molecule has 0 spiro atoms. The summed E-state index contributed by atoms with van der Waals surface area (Å²) in [5, 5.41) is 0. The highest BCUT2D eigenvalue weighted by Gasteiger charge is 2.20. The van der Waals surface area contributed by atoms with Crippen LogP contribution in [0.15, 0.2) is 140 Å². The fourth-order valence-corrected chi connectivity index (χ4v) is 5.46. The first kappa shape index (κ1) is 22.4. The van der Waals surface area contributed by atoms with Crippen LogP contribution in [0.25, 0.3) is 67.4 Å². The average molecular weight is 514 g/mol. The van der Waals surface area contributed by atoms with Gasteiger partial charge < -0.3 is 0 Å². The molecule has 0 radical (unpaired) electrons. The minimum atomic E-state index is 0.675. The van der Waals surface area contributed by atoms with E-state index < -0.39 is 0 Å². The third-order valence-electron chi connectivity index (χ3n) is 7.35. The molecule has 0 saturated heterocycles. The summed E-state index contributed by atoms with van der Waals surface area (Å²) < 4.78 is 4.40. The number of hydrogen-bond donors (Lipinski definition) is 0. The second kappa shape index (κ2) is 9.03. The van der Waals surface area contributed by atoms with E-state index in [-0.39, 0.29) is 0 Å². The van der Waals surface area contributed by atoms with Crippen molar-refractivity contribution in [2.75, 3.05) is 0 Å². The molecule has 188 valence electrons. The lowest BCUT2D eigenvalue weighted by Gasteiger charge is -2.11. The third kappa shape index (κ3) is 3.60. The van der Waals surface area contributed by atoms with E-state index in [0.29, 0.717) is 5.82 Å². The summed E-state index contributed by atoms with van der Waals surface area (Å²) in [5.74, 6) is 2.27. The molecule has 8 aromatic rings. The first-order valence-corrected chi connectivity index (χ1v) is 13.3. The van der Waals surface area contributed by atoms with Gasteiger partial charge in [0.15, 0.2) is 5.82 Å². The summed E-state index contributed by atoms with van der Waals surface area (Å²) in [4.78, 5) is 15.2. The van der Waals surface area contributed by atoms with Crippen LogP contribution in [0.1, 0.15) is 0 Å². The molecule has 5 nitrogen and oxygen atoms in total. The van der Waals surface area contributed by atoms with Crippen molar-refractivity contribution in [2.24, 2.45) is 0 Å². The second-order valence-electron chi connectivity index (χ2n) is 9.81. The van der Waals surface area contributed by atoms with Gasteiger partial charge in [-0.25, -0.2) is 15.0 Å². The monoisotopic (exact) mass is 513 g/mol. The van der Waals surface area contributed by atoms with Crippen molar-refractivity contribution in [2.45, 2.75) is 0 Å². The van der Waals surface area contributed by atoms with Gasteiger partial charge in [0, 0.05) is 17.2 Å². The molecule has 0 aliphatic rings.